The zero-order chi connectivity index (χ0) is 12.6. The Hall–Kier alpha value is -0.390. The van der Waals surface area contributed by atoms with Crippen LogP contribution in [0.4, 0.5) is 0 Å². The molecule has 0 fully saturated rings. The van der Waals surface area contributed by atoms with Gasteiger partial charge in [0.15, 0.2) is 0 Å². The second-order valence-corrected chi connectivity index (χ2v) is 5.83. The van der Waals surface area contributed by atoms with Crippen molar-refractivity contribution in [2.24, 2.45) is 11.1 Å². The first-order chi connectivity index (χ1) is 7.28. The van der Waals surface area contributed by atoms with Gasteiger partial charge in [-0.25, -0.2) is 0 Å². The molecule has 0 radical (unpaired) electrons. The first-order valence-electron chi connectivity index (χ1n) is 5.42. The van der Waals surface area contributed by atoms with Crippen LogP contribution in [0.1, 0.15) is 33.4 Å². The van der Waals surface area contributed by atoms with Crippen LogP contribution in [0.5, 0.6) is 0 Å². The summed E-state index contributed by atoms with van der Waals surface area (Å²) in [6.07, 6.45) is 1.70. The van der Waals surface area contributed by atoms with Crippen molar-refractivity contribution in [3.05, 3.63) is 16.4 Å². The molecule has 0 aliphatic rings. The van der Waals surface area contributed by atoms with Gasteiger partial charge in [0.2, 0.25) is 0 Å². The molecular formula is C11H20BrN3O. The molecule has 16 heavy (non-hydrogen) atoms. The summed E-state index contributed by atoms with van der Waals surface area (Å²) in [4.78, 5) is 0. The Morgan fingerprint density at radius 1 is 1.50 bits per heavy atom. The van der Waals surface area contributed by atoms with Crippen LogP contribution < -0.4 is 5.73 Å². The molecule has 0 amide bonds. The van der Waals surface area contributed by atoms with Crippen LogP contribution >= 0.6 is 15.9 Å². The molecule has 1 aromatic heterocycles. The van der Waals surface area contributed by atoms with Gasteiger partial charge in [-0.05, 0) is 28.3 Å². The molecule has 0 bridgehead atoms. The smallest absolute Gasteiger partial charge is 0.124 e. The molecule has 0 aliphatic heterocycles. The number of nitrogens with two attached hydrogens (primary N) is 1. The number of hydrogen-bond acceptors (Lipinski definition) is 3. The Labute approximate surface area is 105 Å². The molecule has 0 aromatic carbocycles. The Bertz CT molecular complexity index is 370. The summed E-state index contributed by atoms with van der Waals surface area (Å²) in [5.74, 6) is 0. The molecule has 0 spiro atoms. The van der Waals surface area contributed by atoms with E-state index >= 15 is 0 Å². The Kier molecular flexibility index (Phi) is 3.82. The summed E-state index contributed by atoms with van der Waals surface area (Å²) in [5, 5.41) is 15.0. The molecule has 0 saturated heterocycles. The van der Waals surface area contributed by atoms with E-state index in [0.717, 1.165) is 10.2 Å². The van der Waals surface area contributed by atoms with E-state index in [9.17, 15) is 5.11 Å². The summed E-state index contributed by atoms with van der Waals surface area (Å²) in [6.45, 7) is 8.78. The maximum absolute atomic E-state index is 10.8. The van der Waals surface area contributed by atoms with Crippen molar-refractivity contribution < 1.29 is 5.11 Å². The fraction of sp³-hybridized carbons (Fsp3) is 0.727. The zero-order valence-electron chi connectivity index (χ0n) is 10.3. The SMILES string of the molecule is CCn1ncc(Br)c1C(O)(CN)C(C)(C)C. The molecule has 1 rings (SSSR count). The van der Waals surface area contributed by atoms with E-state index in [1.165, 1.54) is 0 Å². The van der Waals surface area contributed by atoms with Crippen molar-refractivity contribution >= 4 is 15.9 Å². The molecule has 92 valence electrons. The first-order valence-corrected chi connectivity index (χ1v) is 6.21. The van der Waals surface area contributed by atoms with Crippen LogP contribution in [0, 0.1) is 5.41 Å². The van der Waals surface area contributed by atoms with Gasteiger partial charge in [0.1, 0.15) is 5.60 Å². The highest BCUT2D eigenvalue weighted by Gasteiger charge is 2.44. The van der Waals surface area contributed by atoms with Crippen LogP contribution in [-0.4, -0.2) is 21.4 Å². The molecule has 1 atom stereocenters. The standard InChI is InChI=1S/C11H20BrN3O/c1-5-15-9(8(12)6-14-15)11(16,7-13)10(2,3)4/h6,16H,5,7,13H2,1-4H3. The molecule has 0 saturated carbocycles. The largest absolute Gasteiger partial charge is 0.382 e. The predicted octanol–water partition coefficient (Wildman–Crippen LogP) is 1.86. The van der Waals surface area contributed by atoms with Gasteiger partial charge < -0.3 is 10.8 Å². The highest BCUT2D eigenvalue weighted by atomic mass is 79.9. The Balaban J connectivity index is 3.38. The van der Waals surface area contributed by atoms with Gasteiger partial charge in [0, 0.05) is 13.1 Å². The highest BCUT2D eigenvalue weighted by Crippen LogP contribution is 2.41. The summed E-state index contributed by atoms with van der Waals surface area (Å²) in [5.41, 5.74) is 5.08. The van der Waals surface area contributed by atoms with Crippen molar-refractivity contribution in [3.63, 3.8) is 0 Å². The van der Waals surface area contributed by atoms with Crippen molar-refractivity contribution in [1.82, 2.24) is 9.78 Å². The number of aromatic nitrogens is 2. The normalized spacial score (nSPS) is 16.2. The molecule has 3 N–H and O–H groups in total. The van der Waals surface area contributed by atoms with E-state index < -0.39 is 5.60 Å². The van der Waals surface area contributed by atoms with E-state index in [4.69, 9.17) is 5.73 Å². The fourth-order valence-electron chi connectivity index (χ4n) is 1.77. The minimum Gasteiger partial charge on any atom is -0.382 e. The van der Waals surface area contributed by atoms with Gasteiger partial charge in [-0.15, -0.1) is 0 Å². The lowest BCUT2D eigenvalue weighted by Gasteiger charge is -2.39. The molecular weight excluding hydrogens is 270 g/mol. The molecule has 4 nitrogen and oxygen atoms in total. The van der Waals surface area contributed by atoms with Crippen LogP contribution in [-0.2, 0) is 12.1 Å². The van der Waals surface area contributed by atoms with E-state index in [1.807, 2.05) is 27.7 Å². The van der Waals surface area contributed by atoms with Crippen molar-refractivity contribution in [3.8, 4) is 0 Å². The third-order valence-electron chi connectivity index (χ3n) is 3.02. The Morgan fingerprint density at radius 3 is 2.44 bits per heavy atom. The van der Waals surface area contributed by atoms with Gasteiger partial charge in [0.05, 0.1) is 16.4 Å². The molecule has 1 aromatic rings. The molecule has 0 aliphatic carbocycles. The van der Waals surface area contributed by atoms with Gasteiger partial charge in [-0.3, -0.25) is 4.68 Å². The number of rotatable bonds is 3. The summed E-state index contributed by atoms with van der Waals surface area (Å²) < 4.78 is 2.58. The monoisotopic (exact) mass is 289 g/mol. The molecule has 1 heterocycles. The van der Waals surface area contributed by atoms with Gasteiger partial charge in [-0.1, -0.05) is 20.8 Å². The third-order valence-corrected chi connectivity index (χ3v) is 3.60. The lowest BCUT2D eigenvalue weighted by atomic mass is 9.74. The second-order valence-electron chi connectivity index (χ2n) is 4.97. The second kappa shape index (κ2) is 4.47. The number of hydrogen-bond donors (Lipinski definition) is 2. The predicted molar refractivity (Wildman–Crippen MR) is 68.0 cm³/mol. The lowest BCUT2D eigenvalue weighted by molar-refractivity contribution is -0.0632. The quantitative estimate of drug-likeness (QED) is 0.893. The molecule has 5 heteroatoms. The van der Waals surface area contributed by atoms with E-state index in [2.05, 4.69) is 21.0 Å². The van der Waals surface area contributed by atoms with Crippen LogP contribution in [0.3, 0.4) is 0 Å². The highest BCUT2D eigenvalue weighted by molar-refractivity contribution is 9.10. The van der Waals surface area contributed by atoms with E-state index in [1.54, 1.807) is 10.9 Å². The maximum atomic E-state index is 10.8. The van der Waals surface area contributed by atoms with Gasteiger partial charge >= 0.3 is 0 Å². The Morgan fingerprint density at radius 2 is 2.06 bits per heavy atom. The zero-order valence-corrected chi connectivity index (χ0v) is 11.9. The number of nitrogens with zero attached hydrogens (tertiary/aromatic N) is 2. The number of halogens is 1. The van der Waals surface area contributed by atoms with Crippen molar-refractivity contribution in [2.75, 3.05) is 6.54 Å². The lowest BCUT2D eigenvalue weighted by Crippen LogP contribution is -2.48. The van der Waals surface area contributed by atoms with Crippen molar-refractivity contribution in [1.29, 1.82) is 0 Å². The number of aryl methyl sites for hydroxylation is 1. The fourth-order valence-corrected chi connectivity index (χ4v) is 2.40. The van der Waals surface area contributed by atoms with Crippen LogP contribution in [0.2, 0.25) is 0 Å². The average molecular weight is 290 g/mol. The summed E-state index contributed by atoms with van der Waals surface area (Å²) in [7, 11) is 0. The first kappa shape index (κ1) is 13.7. The molecule has 1 unspecified atom stereocenters. The summed E-state index contributed by atoms with van der Waals surface area (Å²) >= 11 is 3.43. The minimum atomic E-state index is -1.08. The van der Waals surface area contributed by atoms with Crippen LogP contribution in [0.25, 0.3) is 0 Å². The van der Waals surface area contributed by atoms with Gasteiger partial charge in [-0.2, -0.15) is 5.10 Å². The maximum Gasteiger partial charge on any atom is 0.124 e. The van der Waals surface area contributed by atoms with E-state index in [-0.39, 0.29) is 12.0 Å². The topological polar surface area (TPSA) is 64.1 Å². The van der Waals surface area contributed by atoms with E-state index in [0.29, 0.717) is 6.54 Å². The summed E-state index contributed by atoms with van der Waals surface area (Å²) in [6, 6.07) is 0. The van der Waals surface area contributed by atoms with Gasteiger partial charge in [0.25, 0.3) is 0 Å². The number of aliphatic hydroxyl groups is 1. The average Bonchev–Trinajstić information content (AvgIpc) is 2.57. The van der Waals surface area contributed by atoms with Crippen molar-refractivity contribution in [2.45, 2.75) is 39.8 Å². The third kappa shape index (κ3) is 2.04. The van der Waals surface area contributed by atoms with Crippen LogP contribution in [0.15, 0.2) is 10.7 Å². The minimum absolute atomic E-state index is 0.167.